The Kier molecular flexibility index (Phi) is 5.24. The van der Waals surface area contributed by atoms with Gasteiger partial charge in [0.05, 0.1) is 18.5 Å². The highest BCUT2D eigenvalue weighted by Gasteiger charge is 2.33. The average molecular weight is 313 g/mol. The van der Waals surface area contributed by atoms with E-state index in [2.05, 4.69) is 0 Å². The van der Waals surface area contributed by atoms with Gasteiger partial charge in [-0.2, -0.15) is 0 Å². The van der Waals surface area contributed by atoms with Crippen molar-refractivity contribution in [3.8, 4) is 5.75 Å². The SMILES string of the molecule is COc1cccc(C(O)CN(C)S(=O)(=O)C2CCCC2)c1. The summed E-state index contributed by atoms with van der Waals surface area (Å²) in [5.41, 5.74) is 0.655. The molecule has 0 aliphatic heterocycles. The lowest BCUT2D eigenvalue weighted by Crippen LogP contribution is -2.37. The molecule has 0 heterocycles. The van der Waals surface area contributed by atoms with E-state index in [1.165, 1.54) is 11.4 Å². The van der Waals surface area contributed by atoms with E-state index in [9.17, 15) is 13.5 Å². The second kappa shape index (κ2) is 6.77. The van der Waals surface area contributed by atoms with E-state index in [4.69, 9.17) is 4.74 Å². The number of aliphatic hydroxyl groups excluding tert-OH is 1. The molecule has 5 nitrogen and oxygen atoms in total. The van der Waals surface area contributed by atoms with Gasteiger partial charge in [-0.1, -0.05) is 25.0 Å². The molecule has 0 spiro atoms. The number of sulfonamides is 1. The van der Waals surface area contributed by atoms with Crippen LogP contribution >= 0.6 is 0 Å². The number of rotatable bonds is 6. The van der Waals surface area contributed by atoms with Gasteiger partial charge >= 0.3 is 0 Å². The molecule has 1 unspecified atom stereocenters. The van der Waals surface area contributed by atoms with Crippen LogP contribution in [0.2, 0.25) is 0 Å². The highest BCUT2D eigenvalue weighted by Crippen LogP contribution is 2.28. The summed E-state index contributed by atoms with van der Waals surface area (Å²) in [6.45, 7) is 0.0615. The molecule has 0 radical (unpaired) electrons. The molecule has 1 aliphatic rings. The van der Waals surface area contributed by atoms with Crippen LogP contribution in [0.5, 0.6) is 5.75 Å². The van der Waals surface area contributed by atoms with Crippen molar-refractivity contribution in [2.24, 2.45) is 0 Å². The van der Waals surface area contributed by atoms with Crippen LogP contribution < -0.4 is 4.74 Å². The molecule has 118 valence electrons. The van der Waals surface area contributed by atoms with Gasteiger partial charge in [-0.05, 0) is 30.5 Å². The van der Waals surface area contributed by atoms with E-state index in [-0.39, 0.29) is 11.8 Å². The first-order valence-electron chi connectivity index (χ1n) is 7.22. The molecule has 6 heteroatoms. The predicted molar refractivity (Wildman–Crippen MR) is 81.8 cm³/mol. The topological polar surface area (TPSA) is 66.8 Å². The summed E-state index contributed by atoms with van der Waals surface area (Å²) in [4.78, 5) is 0. The van der Waals surface area contributed by atoms with Crippen molar-refractivity contribution in [3.05, 3.63) is 29.8 Å². The predicted octanol–water partition coefficient (Wildman–Crippen LogP) is 1.93. The molecular weight excluding hydrogens is 290 g/mol. The number of aliphatic hydroxyl groups is 1. The Morgan fingerprint density at radius 3 is 2.67 bits per heavy atom. The van der Waals surface area contributed by atoms with Crippen molar-refractivity contribution in [1.82, 2.24) is 4.31 Å². The Hall–Kier alpha value is -1.11. The largest absolute Gasteiger partial charge is 0.497 e. The number of nitrogens with zero attached hydrogens (tertiary/aromatic N) is 1. The molecule has 1 saturated carbocycles. The minimum absolute atomic E-state index is 0.0615. The van der Waals surface area contributed by atoms with E-state index in [1.807, 2.05) is 0 Å². The van der Waals surface area contributed by atoms with Gasteiger partial charge in [0, 0.05) is 13.6 Å². The Morgan fingerprint density at radius 1 is 1.38 bits per heavy atom. The first kappa shape index (κ1) is 16.3. The lowest BCUT2D eigenvalue weighted by Gasteiger charge is -2.24. The number of hydrogen-bond donors (Lipinski definition) is 1. The number of ether oxygens (including phenoxy) is 1. The standard InChI is InChI=1S/C15H23NO4S/c1-16(21(18,19)14-8-3-4-9-14)11-15(17)12-6-5-7-13(10-12)20-2/h5-7,10,14-15,17H,3-4,8-9,11H2,1-2H3. The highest BCUT2D eigenvalue weighted by molar-refractivity contribution is 7.89. The van der Waals surface area contributed by atoms with Gasteiger partial charge in [0.1, 0.15) is 5.75 Å². The smallest absolute Gasteiger partial charge is 0.216 e. The third-order valence-electron chi connectivity index (χ3n) is 4.07. The lowest BCUT2D eigenvalue weighted by molar-refractivity contribution is 0.154. The fourth-order valence-electron chi connectivity index (χ4n) is 2.74. The molecule has 1 aromatic carbocycles. The van der Waals surface area contributed by atoms with Crippen molar-refractivity contribution < 1.29 is 18.3 Å². The van der Waals surface area contributed by atoms with Crippen molar-refractivity contribution in [3.63, 3.8) is 0 Å². The molecular formula is C15H23NO4S. The molecule has 1 aromatic rings. The minimum atomic E-state index is -3.32. The van der Waals surface area contributed by atoms with Crippen LogP contribution in [-0.2, 0) is 10.0 Å². The monoisotopic (exact) mass is 313 g/mol. The van der Waals surface area contributed by atoms with Crippen LogP contribution in [0.25, 0.3) is 0 Å². The van der Waals surface area contributed by atoms with E-state index in [0.29, 0.717) is 11.3 Å². The van der Waals surface area contributed by atoms with Crippen LogP contribution in [0.4, 0.5) is 0 Å². The van der Waals surface area contributed by atoms with Crippen LogP contribution in [0.1, 0.15) is 37.4 Å². The highest BCUT2D eigenvalue weighted by atomic mass is 32.2. The van der Waals surface area contributed by atoms with Crippen LogP contribution in [0.3, 0.4) is 0 Å². The summed E-state index contributed by atoms with van der Waals surface area (Å²) in [6.07, 6.45) is 2.53. The quantitative estimate of drug-likeness (QED) is 0.871. The summed E-state index contributed by atoms with van der Waals surface area (Å²) in [7, 11) is -0.219. The number of hydrogen-bond acceptors (Lipinski definition) is 4. The maximum Gasteiger partial charge on any atom is 0.216 e. The fraction of sp³-hybridized carbons (Fsp3) is 0.600. The van der Waals surface area contributed by atoms with Crippen LogP contribution in [0, 0.1) is 0 Å². The normalized spacial score (nSPS) is 18.1. The molecule has 0 amide bonds. The summed E-state index contributed by atoms with van der Waals surface area (Å²) in [5, 5.41) is 9.96. The molecule has 1 atom stereocenters. The van der Waals surface area contributed by atoms with E-state index < -0.39 is 16.1 Å². The first-order valence-corrected chi connectivity index (χ1v) is 8.72. The zero-order chi connectivity index (χ0) is 15.5. The molecule has 21 heavy (non-hydrogen) atoms. The van der Waals surface area contributed by atoms with Crippen LogP contribution in [-0.4, -0.2) is 43.8 Å². The summed E-state index contributed by atoms with van der Waals surface area (Å²) < 4.78 is 31.2. The molecule has 0 saturated heterocycles. The second-order valence-corrected chi connectivity index (χ2v) is 7.84. The first-order chi connectivity index (χ1) is 9.95. The summed E-state index contributed by atoms with van der Waals surface area (Å²) in [5.74, 6) is 0.646. The number of methoxy groups -OCH3 is 1. The van der Waals surface area contributed by atoms with Gasteiger partial charge in [0.2, 0.25) is 10.0 Å². The van der Waals surface area contributed by atoms with Gasteiger partial charge in [0.25, 0.3) is 0 Å². The van der Waals surface area contributed by atoms with Gasteiger partial charge in [0.15, 0.2) is 0 Å². The number of likely N-dealkylation sites (N-methyl/N-ethyl adjacent to an activating group) is 1. The van der Waals surface area contributed by atoms with Gasteiger partial charge in [-0.15, -0.1) is 0 Å². The average Bonchev–Trinajstić information content (AvgIpc) is 3.02. The molecule has 2 rings (SSSR count). The molecule has 1 aliphatic carbocycles. The van der Waals surface area contributed by atoms with Gasteiger partial charge in [-0.25, -0.2) is 12.7 Å². The Balaban J connectivity index is 2.05. The van der Waals surface area contributed by atoms with E-state index in [1.54, 1.807) is 31.4 Å². The van der Waals surface area contributed by atoms with Gasteiger partial charge in [-0.3, -0.25) is 0 Å². The molecule has 0 aromatic heterocycles. The van der Waals surface area contributed by atoms with Crippen molar-refractivity contribution in [2.45, 2.75) is 37.0 Å². The lowest BCUT2D eigenvalue weighted by atomic mass is 10.1. The second-order valence-electron chi connectivity index (χ2n) is 5.52. The fourth-order valence-corrected chi connectivity index (χ4v) is 4.53. The molecule has 1 N–H and O–H groups in total. The third-order valence-corrected chi connectivity index (χ3v) is 6.40. The molecule has 0 bridgehead atoms. The Labute approximate surface area is 126 Å². The summed E-state index contributed by atoms with van der Waals surface area (Å²) in [6, 6.07) is 7.06. The van der Waals surface area contributed by atoms with Crippen molar-refractivity contribution in [1.29, 1.82) is 0 Å². The Bertz CT molecular complexity index is 567. The van der Waals surface area contributed by atoms with Crippen molar-refractivity contribution >= 4 is 10.0 Å². The summed E-state index contributed by atoms with van der Waals surface area (Å²) >= 11 is 0. The Morgan fingerprint density at radius 2 is 2.05 bits per heavy atom. The maximum absolute atomic E-state index is 12.4. The van der Waals surface area contributed by atoms with Crippen molar-refractivity contribution in [2.75, 3.05) is 20.7 Å². The minimum Gasteiger partial charge on any atom is -0.497 e. The van der Waals surface area contributed by atoms with E-state index >= 15 is 0 Å². The van der Waals surface area contributed by atoms with Crippen LogP contribution in [0.15, 0.2) is 24.3 Å². The van der Waals surface area contributed by atoms with Gasteiger partial charge < -0.3 is 9.84 Å². The zero-order valence-corrected chi connectivity index (χ0v) is 13.3. The van der Waals surface area contributed by atoms with E-state index in [0.717, 1.165) is 25.7 Å². The number of benzene rings is 1. The maximum atomic E-state index is 12.4. The third kappa shape index (κ3) is 3.75. The zero-order valence-electron chi connectivity index (χ0n) is 12.5. The molecule has 1 fully saturated rings.